The van der Waals surface area contributed by atoms with Crippen LogP contribution < -0.4 is 5.32 Å². The highest BCUT2D eigenvalue weighted by atomic mass is 35.5. The molecule has 0 spiro atoms. The number of aryl methyl sites for hydroxylation is 2. The summed E-state index contributed by atoms with van der Waals surface area (Å²) in [4.78, 5) is 16.3. The molecular weight excluding hydrogens is 260 g/mol. The van der Waals surface area contributed by atoms with Crippen LogP contribution in [0.3, 0.4) is 0 Å². The van der Waals surface area contributed by atoms with Crippen LogP contribution in [-0.4, -0.2) is 10.9 Å². The molecule has 2 aromatic rings. The molecule has 0 aliphatic rings. The lowest BCUT2D eigenvalue weighted by Gasteiger charge is -2.07. The summed E-state index contributed by atoms with van der Waals surface area (Å²) in [6.07, 6.45) is 0.741. The van der Waals surface area contributed by atoms with Crippen LogP contribution in [0.25, 0.3) is 0 Å². The van der Waals surface area contributed by atoms with Gasteiger partial charge in [-0.1, -0.05) is 36.2 Å². The van der Waals surface area contributed by atoms with Crippen LogP contribution in [-0.2, 0) is 6.42 Å². The summed E-state index contributed by atoms with van der Waals surface area (Å²) in [6, 6.07) is 11.0. The third kappa shape index (κ3) is 3.55. The summed E-state index contributed by atoms with van der Waals surface area (Å²) in [6.45, 7) is 3.97. The molecule has 98 valence electrons. The summed E-state index contributed by atoms with van der Waals surface area (Å²) in [7, 11) is 0. The zero-order valence-electron chi connectivity index (χ0n) is 10.9. The van der Waals surface area contributed by atoms with Crippen LogP contribution in [0.1, 0.15) is 28.5 Å². The molecule has 3 nitrogen and oxygen atoms in total. The number of benzene rings is 1. The van der Waals surface area contributed by atoms with Crippen LogP contribution in [0.15, 0.2) is 36.4 Å². The quantitative estimate of drug-likeness (QED) is 0.864. The first-order valence-corrected chi connectivity index (χ1v) is 6.51. The fraction of sp³-hybridized carbons (Fsp3) is 0.200. The molecule has 1 N–H and O–H groups in total. The summed E-state index contributed by atoms with van der Waals surface area (Å²) in [5.41, 5.74) is 3.25. The fourth-order valence-corrected chi connectivity index (χ4v) is 1.93. The van der Waals surface area contributed by atoms with Crippen molar-refractivity contribution in [3.8, 4) is 0 Å². The van der Waals surface area contributed by atoms with Gasteiger partial charge in [0.2, 0.25) is 0 Å². The molecule has 1 heterocycles. The molecule has 0 saturated heterocycles. The molecule has 1 amide bonds. The number of hydrogen-bond acceptors (Lipinski definition) is 2. The van der Waals surface area contributed by atoms with Gasteiger partial charge in [-0.25, -0.2) is 4.98 Å². The number of carbonyl (C=O) groups is 1. The molecule has 0 aliphatic carbocycles. The van der Waals surface area contributed by atoms with E-state index in [9.17, 15) is 4.79 Å². The van der Waals surface area contributed by atoms with Crippen molar-refractivity contribution < 1.29 is 4.79 Å². The number of anilines is 1. The predicted octanol–water partition coefficient (Wildman–Crippen LogP) is 3.86. The van der Waals surface area contributed by atoms with Gasteiger partial charge in [0.05, 0.1) is 0 Å². The number of aromatic nitrogens is 1. The van der Waals surface area contributed by atoms with E-state index in [0.717, 1.165) is 23.4 Å². The lowest BCUT2D eigenvalue weighted by Crippen LogP contribution is -2.12. The fourth-order valence-electron chi connectivity index (χ4n) is 1.70. The third-order valence-corrected chi connectivity index (χ3v) is 2.97. The van der Waals surface area contributed by atoms with Crippen molar-refractivity contribution in [1.29, 1.82) is 0 Å². The maximum absolute atomic E-state index is 12.1. The monoisotopic (exact) mass is 274 g/mol. The topological polar surface area (TPSA) is 42.0 Å². The minimum absolute atomic E-state index is 0.178. The lowest BCUT2D eigenvalue weighted by molar-refractivity contribution is 0.102. The Morgan fingerprint density at radius 1 is 1.26 bits per heavy atom. The Balaban J connectivity index is 2.20. The van der Waals surface area contributed by atoms with Gasteiger partial charge < -0.3 is 5.32 Å². The molecular formula is C15H15ClN2O. The average molecular weight is 275 g/mol. The summed E-state index contributed by atoms with van der Waals surface area (Å²) in [5.74, 6) is -0.178. The van der Waals surface area contributed by atoms with Gasteiger partial charge in [-0.05, 0) is 37.6 Å². The summed E-state index contributed by atoms with van der Waals surface area (Å²) < 4.78 is 0. The Morgan fingerprint density at radius 3 is 2.58 bits per heavy atom. The van der Waals surface area contributed by atoms with Gasteiger partial charge >= 0.3 is 0 Å². The maximum Gasteiger partial charge on any atom is 0.255 e. The van der Waals surface area contributed by atoms with Gasteiger partial charge in [0.25, 0.3) is 5.91 Å². The van der Waals surface area contributed by atoms with E-state index in [4.69, 9.17) is 11.6 Å². The average Bonchev–Trinajstić information content (AvgIpc) is 2.40. The highest BCUT2D eigenvalue weighted by Gasteiger charge is 2.09. The molecule has 0 saturated carbocycles. The number of amides is 1. The van der Waals surface area contributed by atoms with Crippen LogP contribution in [0.2, 0.25) is 5.15 Å². The number of pyridine rings is 1. The largest absolute Gasteiger partial charge is 0.322 e. The number of carbonyl (C=O) groups excluding carboxylic acids is 1. The van der Waals surface area contributed by atoms with E-state index in [1.165, 1.54) is 0 Å². The Labute approximate surface area is 117 Å². The minimum Gasteiger partial charge on any atom is -0.322 e. The smallest absolute Gasteiger partial charge is 0.255 e. The SMILES string of the molecule is CCc1cc(C(=O)Nc2ccc(C)cc2)cc(Cl)n1. The van der Waals surface area contributed by atoms with Gasteiger partial charge in [0.15, 0.2) is 0 Å². The molecule has 1 aromatic carbocycles. The molecule has 19 heavy (non-hydrogen) atoms. The van der Waals surface area contributed by atoms with Crippen molar-refractivity contribution in [2.24, 2.45) is 0 Å². The predicted molar refractivity (Wildman–Crippen MR) is 77.8 cm³/mol. The van der Waals surface area contributed by atoms with Crippen molar-refractivity contribution in [1.82, 2.24) is 4.98 Å². The van der Waals surface area contributed by atoms with Crippen molar-refractivity contribution in [3.05, 3.63) is 58.4 Å². The second kappa shape index (κ2) is 5.85. The second-order valence-corrected chi connectivity index (χ2v) is 4.73. The van der Waals surface area contributed by atoms with Crippen LogP contribution >= 0.6 is 11.6 Å². The standard InChI is InChI=1S/C15H15ClN2O/c1-3-12-8-11(9-14(16)17-12)15(19)18-13-6-4-10(2)5-7-13/h4-9H,3H2,1-2H3,(H,18,19). The first kappa shape index (κ1) is 13.6. The summed E-state index contributed by atoms with van der Waals surface area (Å²) >= 11 is 5.91. The Morgan fingerprint density at radius 2 is 1.95 bits per heavy atom. The van der Waals surface area contributed by atoms with E-state index in [-0.39, 0.29) is 5.91 Å². The van der Waals surface area contributed by atoms with Crippen molar-refractivity contribution in [3.63, 3.8) is 0 Å². The van der Waals surface area contributed by atoms with E-state index >= 15 is 0 Å². The van der Waals surface area contributed by atoms with Gasteiger partial charge in [-0.15, -0.1) is 0 Å². The van der Waals surface area contributed by atoms with Gasteiger partial charge in [0.1, 0.15) is 5.15 Å². The van der Waals surface area contributed by atoms with E-state index in [2.05, 4.69) is 10.3 Å². The number of halogens is 1. The van der Waals surface area contributed by atoms with Gasteiger partial charge in [0, 0.05) is 16.9 Å². The summed E-state index contributed by atoms with van der Waals surface area (Å²) in [5, 5.41) is 3.18. The Bertz CT molecular complexity index is 594. The Kier molecular flexibility index (Phi) is 4.17. The highest BCUT2D eigenvalue weighted by Crippen LogP contribution is 2.14. The Hall–Kier alpha value is -1.87. The van der Waals surface area contributed by atoms with Crippen LogP contribution in [0.4, 0.5) is 5.69 Å². The molecule has 0 aliphatic heterocycles. The zero-order valence-corrected chi connectivity index (χ0v) is 11.7. The van der Waals surface area contributed by atoms with Gasteiger partial charge in [-0.3, -0.25) is 4.79 Å². The molecule has 4 heteroatoms. The van der Waals surface area contributed by atoms with Crippen molar-refractivity contribution in [2.45, 2.75) is 20.3 Å². The zero-order chi connectivity index (χ0) is 13.8. The van der Waals surface area contributed by atoms with Crippen molar-refractivity contribution in [2.75, 3.05) is 5.32 Å². The van der Waals surface area contributed by atoms with Crippen LogP contribution in [0.5, 0.6) is 0 Å². The van der Waals surface area contributed by atoms with E-state index in [0.29, 0.717) is 10.7 Å². The molecule has 0 bridgehead atoms. The lowest BCUT2D eigenvalue weighted by atomic mass is 10.2. The first-order valence-electron chi connectivity index (χ1n) is 6.13. The van der Waals surface area contributed by atoms with E-state index in [1.54, 1.807) is 12.1 Å². The molecule has 0 atom stereocenters. The van der Waals surface area contributed by atoms with Crippen molar-refractivity contribution >= 4 is 23.2 Å². The number of hydrogen-bond donors (Lipinski definition) is 1. The number of nitrogens with one attached hydrogen (secondary N) is 1. The van der Waals surface area contributed by atoms with Gasteiger partial charge in [-0.2, -0.15) is 0 Å². The second-order valence-electron chi connectivity index (χ2n) is 4.34. The molecule has 1 aromatic heterocycles. The van der Waals surface area contributed by atoms with E-state index in [1.807, 2.05) is 38.1 Å². The molecule has 0 radical (unpaired) electrons. The molecule has 2 rings (SSSR count). The first-order chi connectivity index (χ1) is 9.08. The molecule has 0 unspecified atom stereocenters. The minimum atomic E-state index is -0.178. The number of nitrogens with zero attached hydrogens (tertiary/aromatic N) is 1. The van der Waals surface area contributed by atoms with E-state index < -0.39 is 0 Å². The molecule has 0 fully saturated rings. The maximum atomic E-state index is 12.1. The van der Waals surface area contributed by atoms with Crippen LogP contribution in [0, 0.1) is 6.92 Å². The normalized spacial score (nSPS) is 10.3. The number of rotatable bonds is 3. The highest BCUT2D eigenvalue weighted by molar-refractivity contribution is 6.29. The third-order valence-electron chi connectivity index (χ3n) is 2.78.